The van der Waals surface area contributed by atoms with E-state index in [1.54, 1.807) is 4.52 Å². The Balaban J connectivity index is 1.29. The molecule has 0 radical (unpaired) electrons. The average molecular weight is 447 g/mol. The highest BCUT2D eigenvalue weighted by molar-refractivity contribution is 5.97. The van der Waals surface area contributed by atoms with Gasteiger partial charge in [-0.05, 0) is 32.9 Å². The molecule has 33 heavy (non-hydrogen) atoms. The Hall–Kier alpha value is -3.95. The molecule has 0 unspecified atom stereocenters. The number of para-hydroxylation sites is 1. The van der Waals surface area contributed by atoms with E-state index in [0.717, 1.165) is 28.5 Å². The number of piperazine rings is 1. The average Bonchev–Trinajstić information content (AvgIpc) is 3.43. The number of carbonyl (C=O) groups excluding carboxylic acids is 1. The van der Waals surface area contributed by atoms with Crippen LogP contribution in [-0.2, 0) is 6.61 Å². The normalized spacial score (nSPS) is 14.2. The van der Waals surface area contributed by atoms with E-state index in [0.29, 0.717) is 49.9 Å². The molecular formula is C23H25N7O3. The summed E-state index contributed by atoms with van der Waals surface area (Å²) in [5.41, 5.74) is 3.13. The number of aromatic nitrogens is 5. The predicted octanol–water partition coefficient (Wildman–Crippen LogP) is 2.58. The van der Waals surface area contributed by atoms with Crippen LogP contribution in [0.2, 0.25) is 0 Å². The number of nitrogens with zero attached hydrogens (tertiary/aromatic N) is 7. The molecule has 5 rings (SSSR count). The molecule has 1 amide bonds. The summed E-state index contributed by atoms with van der Waals surface area (Å²) in [5, 5.41) is 8.26. The molecule has 3 aromatic heterocycles. The van der Waals surface area contributed by atoms with Crippen molar-refractivity contribution in [2.24, 2.45) is 0 Å². The summed E-state index contributed by atoms with van der Waals surface area (Å²) < 4.78 is 13.0. The van der Waals surface area contributed by atoms with E-state index in [-0.39, 0.29) is 5.91 Å². The number of fused-ring (bicyclic) bond motifs is 1. The van der Waals surface area contributed by atoms with Gasteiger partial charge in [-0.2, -0.15) is 14.6 Å². The molecule has 0 N–H and O–H groups in total. The minimum absolute atomic E-state index is 0.0409. The lowest BCUT2D eigenvalue weighted by Gasteiger charge is -2.36. The van der Waals surface area contributed by atoms with Gasteiger partial charge in [0.15, 0.2) is 0 Å². The second-order valence-corrected chi connectivity index (χ2v) is 8.09. The third kappa shape index (κ3) is 3.99. The Bertz CT molecular complexity index is 1290. The Kier molecular flexibility index (Phi) is 5.41. The quantitative estimate of drug-likeness (QED) is 0.460. The summed E-state index contributed by atoms with van der Waals surface area (Å²) in [6, 6.07) is 9.35. The fraction of sp³-hybridized carbons (Fsp3) is 0.348. The molecule has 0 aliphatic carbocycles. The number of hydrogen-bond acceptors (Lipinski definition) is 8. The zero-order valence-electron chi connectivity index (χ0n) is 18.9. The third-order valence-electron chi connectivity index (χ3n) is 5.92. The van der Waals surface area contributed by atoms with E-state index in [4.69, 9.17) is 9.26 Å². The summed E-state index contributed by atoms with van der Waals surface area (Å²) in [6.07, 6.45) is 1.50. The molecule has 0 spiro atoms. The molecule has 0 atom stereocenters. The Morgan fingerprint density at radius 3 is 2.67 bits per heavy atom. The summed E-state index contributed by atoms with van der Waals surface area (Å²) in [4.78, 5) is 26.0. The van der Waals surface area contributed by atoms with Crippen LogP contribution in [0.3, 0.4) is 0 Å². The summed E-state index contributed by atoms with van der Waals surface area (Å²) in [7, 11) is 0. The molecule has 10 nitrogen and oxygen atoms in total. The van der Waals surface area contributed by atoms with E-state index in [2.05, 4.69) is 25.1 Å². The van der Waals surface area contributed by atoms with Crippen LogP contribution < -0.4 is 9.64 Å². The Labute approximate surface area is 190 Å². The molecule has 0 saturated carbocycles. The van der Waals surface area contributed by atoms with E-state index in [1.807, 2.05) is 56.0 Å². The van der Waals surface area contributed by atoms with Crippen LogP contribution in [-0.4, -0.2) is 61.7 Å². The zero-order valence-corrected chi connectivity index (χ0v) is 18.9. The maximum absolute atomic E-state index is 13.3. The van der Waals surface area contributed by atoms with Gasteiger partial charge >= 0.3 is 0 Å². The van der Waals surface area contributed by atoms with Gasteiger partial charge < -0.3 is 19.1 Å². The first-order valence-electron chi connectivity index (χ1n) is 10.9. The molecule has 10 heteroatoms. The largest absolute Gasteiger partial charge is 0.488 e. The lowest BCUT2D eigenvalue weighted by atomic mass is 10.1. The van der Waals surface area contributed by atoms with Crippen LogP contribution in [0.5, 0.6) is 5.75 Å². The SMILES string of the molecule is Cc1cc(N2CCN(C(=O)c3ccccc3OCc3c(C)noc3C)CC2)n2ncnc2n1. The van der Waals surface area contributed by atoms with E-state index in [9.17, 15) is 4.79 Å². The number of rotatable bonds is 5. The van der Waals surface area contributed by atoms with Gasteiger partial charge in [0, 0.05) is 37.9 Å². The highest BCUT2D eigenvalue weighted by Crippen LogP contribution is 2.24. The summed E-state index contributed by atoms with van der Waals surface area (Å²) >= 11 is 0. The first-order chi connectivity index (χ1) is 16.0. The predicted molar refractivity (Wildman–Crippen MR) is 120 cm³/mol. The highest BCUT2D eigenvalue weighted by Gasteiger charge is 2.26. The van der Waals surface area contributed by atoms with Gasteiger partial charge in [0.1, 0.15) is 30.3 Å². The number of aryl methyl sites for hydroxylation is 3. The molecule has 170 valence electrons. The lowest BCUT2D eigenvalue weighted by Crippen LogP contribution is -2.49. The van der Waals surface area contributed by atoms with Crippen LogP contribution >= 0.6 is 0 Å². The van der Waals surface area contributed by atoms with E-state index in [1.165, 1.54) is 6.33 Å². The monoisotopic (exact) mass is 447 g/mol. The van der Waals surface area contributed by atoms with Gasteiger partial charge in [0.25, 0.3) is 11.7 Å². The second kappa shape index (κ2) is 8.53. The fourth-order valence-electron chi connectivity index (χ4n) is 4.07. The number of benzene rings is 1. The Morgan fingerprint density at radius 1 is 1.12 bits per heavy atom. The zero-order chi connectivity index (χ0) is 22.9. The maximum atomic E-state index is 13.3. The van der Waals surface area contributed by atoms with Crippen molar-refractivity contribution in [2.45, 2.75) is 27.4 Å². The molecule has 4 heterocycles. The molecule has 1 aromatic carbocycles. The van der Waals surface area contributed by atoms with E-state index >= 15 is 0 Å². The van der Waals surface area contributed by atoms with Gasteiger partial charge in [-0.1, -0.05) is 17.3 Å². The topological polar surface area (TPSA) is 102 Å². The maximum Gasteiger partial charge on any atom is 0.257 e. The summed E-state index contributed by atoms with van der Waals surface area (Å²) in [6.45, 7) is 8.53. The fourth-order valence-corrected chi connectivity index (χ4v) is 4.07. The first-order valence-corrected chi connectivity index (χ1v) is 10.9. The molecule has 1 saturated heterocycles. The van der Waals surface area contributed by atoms with Crippen molar-refractivity contribution in [2.75, 3.05) is 31.1 Å². The molecule has 0 bridgehead atoms. The number of ether oxygens (including phenoxy) is 1. The summed E-state index contributed by atoms with van der Waals surface area (Å²) in [5.74, 6) is 2.75. The molecule has 1 aliphatic rings. The lowest BCUT2D eigenvalue weighted by molar-refractivity contribution is 0.0741. The minimum Gasteiger partial charge on any atom is -0.488 e. The van der Waals surface area contributed by atoms with Crippen LogP contribution in [0.1, 0.15) is 33.1 Å². The van der Waals surface area contributed by atoms with Gasteiger partial charge in [-0.15, -0.1) is 0 Å². The van der Waals surface area contributed by atoms with Crippen molar-refractivity contribution in [3.05, 3.63) is 64.9 Å². The van der Waals surface area contributed by atoms with Crippen molar-refractivity contribution < 1.29 is 14.1 Å². The van der Waals surface area contributed by atoms with Crippen LogP contribution in [0.15, 0.2) is 41.2 Å². The van der Waals surface area contributed by atoms with Crippen molar-refractivity contribution in [3.8, 4) is 5.75 Å². The van der Waals surface area contributed by atoms with Crippen molar-refractivity contribution >= 4 is 17.5 Å². The number of carbonyl (C=O) groups is 1. The molecule has 4 aromatic rings. The first kappa shape index (κ1) is 20.9. The highest BCUT2D eigenvalue weighted by atomic mass is 16.5. The molecular weight excluding hydrogens is 422 g/mol. The van der Waals surface area contributed by atoms with Crippen LogP contribution in [0.4, 0.5) is 5.82 Å². The number of anilines is 1. The van der Waals surface area contributed by atoms with Crippen LogP contribution in [0.25, 0.3) is 5.78 Å². The number of hydrogen-bond donors (Lipinski definition) is 0. The van der Waals surface area contributed by atoms with Crippen molar-refractivity contribution in [1.82, 2.24) is 29.6 Å². The standard InChI is InChI=1S/C23H25N7O3/c1-15-12-21(30-23(26-15)24-14-25-30)28-8-10-29(11-9-28)22(31)18-6-4-5-7-20(18)32-13-19-16(2)27-33-17(19)3/h4-7,12,14H,8-11,13H2,1-3H3. The van der Waals surface area contributed by atoms with Gasteiger partial charge in [-0.25, -0.2) is 4.98 Å². The number of amides is 1. The van der Waals surface area contributed by atoms with Gasteiger partial charge in [0.05, 0.1) is 16.8 Å². The molecule has 1 fully saturated rings. The second-order valence-electron chi connectivity index (χ2n) is 8.09. The van der Waals surface area contributed by atoms with Crippen LogP contribution in [0, 0.1) is 20.8 Å². The molecule has 1 aliphatic heterocycles. The van der Waals surface area contributed by atoms with E-state index < -0.39 is 0 Å². The van der Waals surface area contributed by atoms with Crippen molar-refractivity contribution in [1.29, 1.82) is 0 Å². The third-order valence-corrected chi connectivity index (χ3v) is 5.92. The van der Waals surface area contributed by atoms with Gasteiger partial charge in [0.2, 0.25) is 0 Å². The van der Waals surface area contributed by atoms with Crippen molar-refractivity contribution in [3.63, 3.8) is 0 Å². The smallest absolute Gasteiger partial charge is 0.257 e. The van der Waals surface area contributed by atoms with Gasteiger partial charge in [-0.3, -0.25) is 4.79 Å². The minimum atomic E-state index is -0.0409. The Morgan fingerprint density at radius 2 is 1.91 bits per heavy atom.